The highest BCUT2D eigenvalue weighted by atomic mass is 16.3. The number of benzene rings is 1. The Balaban J connectivity index is 1.49. The first kappa shape index (κ1) is 22.9. The third kappa shape index (κ3) is 4.45. The number of aromatic hydroxyl groups is 1. The number of nitrogens with two attached hydrogens (primary N) is 1. The lowest BCUT2D eigenvalue weighted by molar-refractivity contribution is -0.142. The lowest BCUT2D eigenvalue weighted by Crippen LogP contribution is -2.58. The van der Waals surface area contributed by atoms with Gasteiger partial charge in [0.25, 0.3) is 0 Å². The van der Waals surface area contributed by atoms with Crippen molar-refractivity contribution >= 4 is 11.9 Å². The van der Waals surface area contributed by atoms with Crippen LogP contribution in [0.1, 0.15) is 63.5 Å². The second-order valence-corrected chi connectivity index (χ2v) is 10.3. The third-order valence-corrected chi connectivity index (χ3v) is 8.21. The summed E-state index contributed by atoms with van der Waals surface area (Å²) in [6.45, 7) is 8.03. The molecule has 0 atom stereocenters. The molecule has 1 aromatic carbocycles. The molecule has 176 valence electrons. The lowest BCUT2D eigenvalue weighted by atomic mass is 9.67. The monoisotopic (exact) mass is 441 g/mol. The van der Waals surface area contributed by atoms with Gasteiger partial charge in [-0.1, -0.05) is 19.9 Å². The SMILES string of the molecule is CC(C)C1CCC(N2CCC3(CC2)C(=O)N(CCNC(=N)N)Cc2cc(O)ccc23)CC1. The van der Waals surface area contributed by atoms with Crippen LogP contribution in [0.3, 0.4) is 0 Å². The molecule has 7 heteroatoms. The van der Waals surface area contributed by atoms with Crippen molar-refractivity contribution in [1.82, 2.24) is 15.1 Å². The molecule has 1 aliphatic carbocycles. The Kier molecular flexibility index (Phi) is 6.65. The Morgan fingerprint density at radius 3 is 2.56 bits per heavy atom. The Morgan fingerprint density at radius 1 is 1.25 bits per heavy atom. The molecule has 32 heavy (non-hydrogen) atoms. The number of amides is 1. The smallest absolute Gasteiger partial charge is 0.233 e. The van der Waals surface area contributed by atoms with Gasteiger partial charge >= 0.3 is 0 Å². The van der Waals surface area contributed by atoms with Crippen LogP contribution < -0.4 is 11.1 Å². The minimum absolute atomic E-state index is 0.0808. The summed E-state index contributed by atoms with van der Waals surface area (Å²) in [7, 11) is 0. The van der Waals surface area contributed by atoms with Crippen molar-refractivity contribution in [3.05, 3.63) is 29.3 Å². The normalized spacial score (nSPS) is 25.7. The van der Waals surface area contributed by atoms with Crippen LogP contribution in [0.2, 0.25) is 0 Å². The van der Waals surface area contributed by atoms with Gasteiger partial charge in [0.15, 0.2) is 5.96 Å². The van der Waals surface area contributed by atoms with Gasteiger partial charge in [0, 0.05) is 25.7 Å². The van der Waals surface area contributed by atoms with Crippen LogP contribution in [0.25, 0.3) is 0 Å². The lowest BCUT2D eigenvalue weighted by Gasteiger charge is -2.49. The number of hydrogen-bond acceptors (Lipinski definition) is 4. The van der Waals surface area contributed by atoms with Gasteiger partial charge in [-0.3, -0.25) is 10.2 Å². The molecule has 4 rings (SSSR count). The molecule has 2 fully saturated rings. The van der Waals surface area contributed by atoms with E-state index in [0.717, 1.165) is 48.9 Å². The minimum atomic E-state index is -0.511. The molecule has 0 radical (unpaired) electrons. The van der Waals surface area contributed by atoms with Crippen LogP contribution in [0.15, 0.2) is 18.2 Å². The summed E-state index contributed by atoms with van der Waals surface area (Å²) in [5.41, 5.74) is 7.04. The molecule has 1 saturated heterocycles. The first-order chi connectivity index (χ1) is 15.3. The van der Waals surface area contributed by atoms with E-state index in [1.807, 2.05) is 17.0 Å². The number of fused-ring (bicyclic) bond motifs is 2. The van der Waals surface area contributed by atoms with Gasteiger partial charge in [-0.05, 0) is 86.7 Å². The molecular formula is C25H39N5O2. The van der Waals surface area contributed by atoms with Gasteiger partial charge in [0.2, 0.25) is 5.91 Å². The standard InChI is InChI=1S/C25H39N5O2/c1-17(2)18-3-5-20(6-4-18)29-12-9-25(10-13-29)22-8-7-21(31)15-19(22)16-30(23(25)32)14-11-28-24(26)27/h7-8,15,17-18,20,31H,3-6,9-14,16H2,1-2H3,(H4,26,27,28). The van der Waals surface area contributed by atoms with Crippen LogP contribution in [0.5, 0.6) is 5.75 Å². The molecule has 0 aromatic heterocycles. The molecule has 2 heterocycles. The first-order valence-electron chi connectivity index (χ1n) is 12.2. The highest BCUT2D eigenvalue weighted by Crippen LogP contribution is 2.45. The number of phenols is 1. The van der Waals surface area contributed by atoms with E-state index in [0.29, 0.717) is 25.7 Å². The van der Waals surface area contributed by atoms with E-state index in [1.54, 1.807) is 6.07 Å². The van der Waals surface area contributed by atoms with Gasteiger partial charge in [-0.15, -0.1) is 0 Å². The number of guanidine groups is 1. The van der Waals surface area contributed by atoms with Crippen molar-refractivity contribution in [1.29, 1.82) is 5.41 Å². The molecule has 0 unspecified atom stereocenters. The van der Waals surface area contributed by atoms with Crippen LogP contribution in [-0.4, -0.2) is 59.0 Å². The fourth-order valence-corrected chi connectivity index (χ4v) is 6.27. The largest absolute Gasteiger partial charge is 0.508 e. The number of carbonyl (C=O) groups excluding carboxylic acids is 1. The summed E-state index contributed by atoms with van der Waals surface area (Å²) in [6.07, 6.45) is 6.84. The van der Waals surface area contributed by atoms with Gasteiger partial charge in [-0.2, -0.15) is 0 Å². The maximum Gasteiger partial charge on any atom is 0.233 e. The molecule has 5 N–H and O–H groups in total. The van der Waals surface area contributed by atoms with Crippen LogP contribution in [0.4, 0.5) is 0 Å². The summed E-state index contributed by atoms with van der Waals surface area (Å²) in [5, 5.41) is 20.3. The number of hydrogen-bond donors (Lipinski definition) is 4. The van der Waals surface area contributed by atoms with Crippen LogP contribution in [0, 0.1) is 17.2 Å². The average Bonchev–Trinajstić information content (AvgIpc) is 2.77. The van der Waals surface area contributed by atoms with Crippen molar-refractivity contribution < 1.29 is 9.90 Å². The number of nitrogens with one attached hydrogen (secondary N) is 2. The summed E-state index contributed by atoms with van der Waals surface area (Å²) >= 11 is 0. The Hall–Kier alpha value is -2.28. The molecule has 1 aromatic rings. The van der Waals surface area contributed by atoms with Crippen molar-refractivity contribution in [3.8, 4) is 5.75 Å². The quantitative estimate of drug-likeness (QED) is 0.415. The molecular weight excluding hydrogens is 402 g/mol. The predicted molar refractivity (Wildman–Crippen MR) is 127 cm³/mol. The van der Waals surface area contributed by atoms with Crippen molar-refractivity contribution in [2.75, 3.05) is 26.2 Å². The second-order valence-electron chi connectivity index (χ2n) is 10.3. The summed E-state index contributed by atoms with van der Waals surface area (Å²) in [5.74, 6) is 1.98. The summed E-state index contributed by atoms with van der Waals surface area (Å²) in [6, 6.07) is 6.16. The number of phenolic OH excluding ortho intramolecular Hbond substituents is 1. The fraction of sp³-hybridized carbons (Fsp3) is 0.680. The third-order valence-electron chi connectivity index (χ3n) is 8.21. The van der Waals surface area contributed by atoms with Gasteiger partial charge in [-0.25, -0.2) is 0 Å². The molecule has 7 nitrogen and oxygen atoms in total. The van der Waals surface area contributed by atoms with E-state index in [4.69, 9.17) is 11.1 Å². The molecule has 1 amide bonds. The molecule has 0 bridgehead atoms. The first-order valence-corrected chi connectivity index (χ1v) is 12.2. The van der Waals surface area contributed by atoms with E-state index in [1.165, 1.54) is 25.7 Å². The molecule has 1 spiro atoms. The number of likely N-dealkylation sites (tertiary alicyclic amines) is 1. The maximum atomic E-state index is 13.8. The number of nitrogens with zero attached hydrogens (tertiary/aromatic N) is 2. The predicted octanol–water partition coefficient (Wildman–Crippen LogP) is 2.77. The van der Waals surface area contributed by atoms with E-state index < -0.39 is 5.41 Å². The highest BCUT2D eigenvalue weighted by molar-refractivity contribution is 5.90. The second kappa shape index (κ2) is 9.30. The zero-order chi connectivity index (χ0) is 22.9. The van der Waals surface area contributed by atoms with E-state index >= 15 is 0 Å². The number of rotatable bonds is 5. The topological polar surface area (TPSA) is 106 Å². The number of carbonyl (C=O) groups is 1. The Bertz CT molecular complexity index is 839. The van der Waals surface area contributed by atoms with E-state index in [2.05, 4.69) is 24.1 Å². The fourth-order valence-electron chi connectivity index (χ4n) is 6.27. The minimum Gasteiger partial charge on any atom is -0.508 e. The van der Waals surface area contributed by atoms with Crippen LogP contribution in [-0.2, 0) is 16.8 Å². The van der Waals surface area contributed by atoms with Gasteiger partial charge in [0.05, 0.1) is 5.41 Å². The zero-order valence-electron chi connectivity index (χ0n) is 19.6. The molecule has 2 aliphatic heterocycles. The van der Waals surface area contributed by atoms with Crippen molar-refractivity contribution in [2.24, 2.45) is 17.6 Å². The van der Waals surface area contributed by atoms with Crippen molar-refractivity contribution in [3.63, 3.8) is 0 Å². The average molecular weight is 442 g/mol. The van der Waals surface area contributed by atoms with Gasteiger partial charge < -0.3 is 26.0 Å². The van der Waals surface area contributed by atoms with E-state index in [9.17, 15) is 9.90 Å². The molecule has 3 aliphatic rings. The Morgan fingerprint density at radius 2 is 1.94 bits per heavy atom. The van der Waals surface area contributed by atoms with Gasteiger partial charge in [0.1, 0.15) is 5.75 Å². The highest BCUT2D eigenvalue weighted by Gasteiger charge is 2.49. The van der Waals surface area contributed by atoms with Crippen LogP contribution >= 0.6 is 0 Å². The summed E-state index contributed by atoms with van der Waals surface area (Å²) < 4.78 is 0. The molecule has 1 saturated carbocycles. The Labute approximate surface area is 191 Å². The van der Waals surface area contributed by atoms with Crippen molar-refractivity contribution in [2.45, 2.75) is 70.4 Å². The number of piperidine rings is 1. The summed E-state index contributed by atoms with van der Waals surface area (Å²) in [4.78, 5) is 18.3. The maximum absolute atomic E-state index is 13.8. The zero-order valence-corrected chi connectivity index (χ0v) is 19.6. The van der Waals surface area contributed by atoms with E-state index in [-0.39, 0.29) is 17.6 Å².